The molecule has 0 spiro atoms. The van der Waals surface area contributed by atoms with E-state index in [-0.39, 0.29) is 5.82 Å². The van der Waals surface area contributed by atoms with Crippen LogP contribution < -0.4 is 0 Å². The Morgan fingerprint density at radius 2 is 2.00 bits per heavy atom. The van der Waals surface area contributed by atoms with Crippen LogP contribution in [0.25, 0.3) is 10.1 Å². The first-order valence-electron chi connectivity index (χ1n) is 6.60. The molecule has 0 aliphatic carbocycles. The SMILES string of the molecule is CC(C)(c1nnn(Cc2nsc3ccccc23)n1)S(C)(=O)=O. The van der Waals surface area contributed by atoms with Crippen LogP contribution >= 0.6 is 11.5 Å². The van der Waals surface area contributed by atoms with Crippen molar-refractivity contribution in [3.8, 4) is 0 Å². The Bertz CT molecular complexity index is 927. The fraction of sp³-hybridized carbons (Fsp3) is 0.385. The van der Waals surface area contributed by atoms with Crippen molar-refractivity contribution >= 4 is 31.5 Å². The minimum absolute atomic E-state index is 0.189. The smallest absolute Gasteiger partial charge is 0.195 e. The second kappa shape index (κ2) is 5.10. The van der Waals surface area contributed by atoms with E-state index in [1.54, 1.807) is 13.8 Å². The summed E-state index contributed by atoms with van der Waals surface area (Å²) in [4.78, 5) is 1.38. The van der Waals surface area contributed by atoms with Gasteiger partial charge in [0.2, 0.25) is 0 Å². The zero-order chi connectivity index (χ0) is 16.0. The number of hydrogen-bond acceptors (Lipinski definition) is 7. The molecular weight excluding hydrogens is 322 g/mol. The van der Waals surface area contributed by atoms with E-state index in [0.717, 1.165) is 15.8 Å². The molecule has 9 heteroatoms. The van der Waals surface area contributed by atoms with Gasteiger partial charge in [-0.2, -0.15) is 9.17 Å². The molecule has 0 saturated carbocycles. The quantitative estimate of drug-likeness (QED) is 0.718. The highest BCUT2D eigenvalue weighted by molar-refractivity contribution is 7.91. The van der Waals surface area contributed by atoms with Gasteiger partial charge in [-0.25, -0.2) is 8.42 Å². The molecule has 1 aromatic carbocycles. The molecule has 0 N–H and O–H groups in total. The summed E-state index contributed by atoms with van der Waals surface area (Å²) in [6.45, 7) is 3.50. The van der Waals surface area contributed by atoms with Crippen LogP contribution in [0.2, 0.25) is 0 Å². The third-order valence-electron chi connectivity index (χ3n) is 3.66. The lowest BCUT2D eigenvalue weighted by Gasteiger charge is -2.17. The van der Waals surface area contributed by atoms with E-state index in [9.17, 15) is 8.42 Å². The summed E-state index contributed by atoms with van der Waals surface area (Å²) in [5, 5.41) is 13.1. The van der Waals surface area contributed by atoms with Crippen molar-refractivity contribution in [3.63, 3.8) is 0 Å². The van der Waals surface area contributed by atoms with Crippen LogP contribution in [0.4, 0.5) is 0 Å². The van der Waals surface area contributed by atoms with Gasteiger partial charge in [0.05, 0.1) is 10.4 Å². The van der Waals surface area contributed by atoms with Gasteiger partial charge in [0, 0.05) is 11.6 Å². The number of hydrogen-bond donors (Lipinski definition) is 0. The molecule has 0 unspecified atom stereocenters. The Hall–Kier alpha value is -1.87. The maximum absolute atomic E-state index is 11.8. The van der Waals surface area contributed by atoms with Crippen molar-refractivity contribution in [3.05, 3.63) is 35.8 Å². The van der Waals surface area contributed by atoms with Gasteiger partial charge in [-0.05, 0) is 36.7 Å². The highest BCUT2D eigenvalue weighted by Gasteiger charge is 2.37. The number of tetrazole rings is 1. The lowest BCUT2D eigenvalue weighted by atomic mass is 10.2. The largest absolute Gasteiger partial charge is 0.228 e. The van der Waals surface area contributed by atoms with Crippen molar-refractivity contribution in [2.45, 2.75) is 25.1 Å². The fourth-order valence-electron chi connectivity index (χ4n) is 1.90. The van der Waals surface area contributed by atoms with Gasteiger partial charge < -0.3 is 0 Å². The van der Waals surface area contributed by atoms with Crippen LogP contribution in [0.3, 0.4) is 0 Å². The zero-order valence-electron chi connectivity index (χ0n) is 12.4. The van der Waals surface area contributed by atoms with Gasteiger partial charge in [-0.3, -0.25) is 0 Å². The molecule has 2 heterocycles. The van der Waals surface area contributed by atoms with Gasteiger partial charge in [0.1, 0.15) is 11.3 Å². The average Bonchev–Trinajstić information content (AvgIpc) is 3.06. The summed E-state index contributed by atoms with van der Waals surface area (Å²) in [5.74, 6) is 0.189. The lowest BCUT2D eigenvalue weighted by Crippen LogP contribution is -2.29. The van der Waals surface area contributed by atoms with Crippen LogP contribution in [-0.4, -0.2) is 39.3 Å². The molecule has 116 valence electrons. The molecule has 0 saturated heterocycles. The summed E-state index contributed by atoms with van der Waals surface area (Å²) in [7, 11) is -3.33. The van der Waals surface area contributed by atoms with Crippen LogP contribution in [-0.2, 0) is 21.1 Å². The van der Waals surface area contributed by atoms with E-state index in [1.165, 1.54) is 22.6 Å². The number of sulfone groups is 1. The number of nitrogens with zero attached hydrogens (tertiary/aromatic N) is 5. The average molecular weight is 337 g/mol. The summed E-state index contributed by atoms with van der Waals surface area (Å²) in [6.07, 6.45) is 1.17. The summed E-state index contributed by atoms with van der Waals surface area (Å²) in [5.41, 5.74) is 0.849. The molecular formula is C13H15N5O2S2. The van der Waals surface area contributed by atoms with Gasteiger partial charge in [-0.1, -0.05) is 18.2 Å². The van der Waals surface area contributed by atoms with E-state index >= 15 is 0 Å². The molecule has 0 bridgehead atoms. The maximum atomic E-state index is 11.8. The molecule has 0 aliphatic heterocycles. The molecule has 2 aromatic heterocycles. The minimum atomic E-state index is -3.33. The van der Waals surface area contributed by atoms with Gasteiger partial charge in [0.15, 0.2) is 15.7 Å². The van der Waals surface area contributed by atoms with E-state index in [0.29, 0.717) is 6.54 Å². The van der Waals surface area contributed by atoms with Crippen LogP contribution in [0.1, 0.15) is 25.4 Å². The van der Waals surface area contributed by atoms with Crippen LogP contribution in [0, 0.1) is 0 Å². The first-order chi connectivity index (χ1) is 10.3. The third-order valence-corrected chi connectivity index (χ3v) is 6.56. The van der Waals surface area contributed by atoms with E-state index in [2.05, 4.69) is 19.8 Å². The van der Waals surface area contributed by atoms with Crippen molar-refractivity contribution < 1.29 is 8.42 Å². The number of benzene rings is 1. The fourth-order valence-corrected chi connectivity index (χ4v) is 3.10. The molecule has 3 rings (SSSR count). The molecule has 22 heavy (non-hydrogen) atoms. The summed E-state index contributed by atoms with van der Waals surface area (Å²) in [6, 6.07) is 7.91. The van der Waals surface area contributed by atoms with E-state index < -0.39 is 14.6 Å². The van der Waals surface area contributed by atoms with E-state index in [1.807, 2.05) is 24.3 Å². The number of aromatic nitrogens is 5. The Balaban J connectivity index is 1.92. The normalized spacial score (nSPS) is 12.9. The third kappa shape index (κ3) is 2.50. The minimum Gasteiger partial charge on any atom is -0.228 e. The Morgan fingerprint density at radius 3 is 2.73 bits per heavy atom. The maximum Gasteiger partial charge on any atom is 0.195 e. The Labute approximate surface area is 132 Å². The molecule has 0 radical (unpaired) electrons. The molecule has 7 nitrogen and oxygen atoms in total. The molecule has 3 aromatic rings. The summed E-state index contributed by atoms with van der Waals surface area (Å²) < 4.78 is 28.0. The first-order valence-corrected chi connectivity index (χ1v) is 9.27. The standard InChI is InChI=1S/C13H15N5O2S2/c1-13(2,22(3,19)20)12-14-17-18(15-12)8-10-9-6-4-5-7-11(9)21-16-10/h4-7H,8H2,1-3H3. The van der Waals surface area contributed by atoms with Crippen molar-refractivity contribution in [2.75, 3.05) is 6.26 Å². The zero-order valence-corrected chi connectivity index (χ0v) is 14.0. The first kappa shape index (κ1) is 15.0. The van der Waals surface area contributed by atoms with E-state index in [4.69, 9.17) is 0 Å². The van der Waals surface area contributed by atoms with Gasteiger partial charge in [0.25, 0.3) is 0 Å². The van der Waals surface area contributed by atoms with Crippen molar-refractivity contribution in [2.24, 2.45) is 0 Å². The topological polar surface area (TPSA) is 90.6 Å². The van der Waals surface area contributed by atoms with Crippen LogP contribution in [0.5, 0.6) is 0 Å². The van der Waals surface area contributed by atoms with Crippen molar-refractivity contribution in [1.29, 1.82) is 0 Å². The monoisotopic (exact) mass is 337 g/mol. The van der Waals surface area contributed by atoms with Gasteiger partial charge >= 0.3 is 0 Å². The Kier molecular flexibility index (Phi) is 3.48. The molecule has 0 amide bonds. The predicted molar refractivity (Wildman–Crippen MR) is 84.4 cm³/mol. The predicted octanol–water partition coefficient (Wildman–Crippen LogP) is 1.61. The molecule has 0 aliphatic rings. The van der Waals surface area contributed by atoms with Crippen molar-refractivity contribution in [1.82, 2.24) is 24.6 Å². The number of fused-ring (bicyclic) bond motifs is 1. The summed E-state index contributed by atoms with van der Waals surface area (Å²) >= 11 is 1.41. The molecule has 0 fully saturated rings. The second-order valence-electron chi connectivity index (χ2n) is 5.55. The Morgan fingerprint density at radius 1 is 1.27 bits per heavy atom. The van der Waals surface area contributed by atoms with Gasteiger partial charge in [-0.15, -0.1) is 10.2 Å². The highest BCUT2D eigenvalue weighted by atomic mass is 32.2. The lowest BCUT2D eigenvalue weighted by molar-refractivity contribution is 0.540. The molecule has 0 atom stereocenters. The second-order valence-corrected chi connectivity index (χ2v) is 8.92. The van der Waals surface area contributed by atoms with Crippen LogP contribution in [0.15, 0.2) is 24.3 Å². The highest BCUT2D eigenvalue weighted by Crippen LogP contribution is 2.26. The number of rotatable bonds is 4.